The number of alkyl halides is 3. The number of halogens is 3. The lowest BCUT2D eigenvalue weighted by atomic mass is 9.94. The molecule has 2 N–H and O–H groups in total. The van der Waals surface area contributed by atoms with Crippen LogP contribution >= 0.6 is 0 Å². The van der Waals surface area contributed by atoms with Crippen molar-refractivity contribution in [2.75, 3.05) is 18.4 Å². The predicted molar refractivity (Wildman–Crippen MR) is 88.8 cm³/mol. The van der Waals surface area contributed by atoms with E-state index in [0.29, 0.717) is 11.6 Å². The molecule has 8 heteroatoms. The van der Waals surface area contributed by atoms with Crippen LogP contribution in [0.5, 0.6) is 0 Å². The number of nitrogens with one attached hydrogen (secondary N) is 2. The summed E-state index contributed by atoms with van der Waals surface area (Å²) in [4.78, 5) is 12.2. The van der Waals surface area contributed by atoms with E-state index < -0.39 is 11.7 Å². The molecule has 0 aliphatic carbocycles. The van der Waals surface area contributed by atoms with Gasteiger partial charge in [-0.25, -0.2) is 9.97 Å². The van der Waals surface area contributed by atoms with Crippen molar-refractivity contribution in [3.63, 3.8) is 0 Å². The number of anilines is 2. The van der Waals surface area contributed by atoms with Gasteiger partial charge >= 0.3 is 6.18 Å². The van der Waals surface area contributed by atoms with Gasteiger partial charge in [-0.2, -0.15) is 13.2 Å². The maximum atomic E-state index is 12.9. The average Bonchev–Trinajstić information content (AvgIpc) is 2.62. The van der Waals surface area contributed by atoms with E-state index in [-0.39, 0.29) is 18.1 Å². The molecule has 2 aromatic heterocycles. The van der Waals surface area contributed by atoms with Crippen LogP contribution in [0.2, 0.25) is 0 Å². The Morgan fingerprint density at radius 3 is 2.52 bits per heavy atom. The first-order valence-corrected chi connectivity index (χ1v) is 8.34. The van der Waals surface area contributed by atoms with Gasteiger partial charge in [0.25, 0.3) is 0 Å². The third-order valence-electron chi connectivity index (χ3n) is 4.31. The zero-order valence-electron chi connectivity index (χ0n) is 13.9. The van der Waals surface area contributed by atoms with Gasteiger partial charge in [-0.1, -0.05) is 6.92 Å². The van der Waals surface area contributed by atoms with Crippen LogP contribution in [0.3, 0.4) is 0 Å². The number of aryl methyl sites for hydroxylation is 1. The number of nitrogens with zero attached hydrogens (tertiary/aromatic N) is 3. The summed E-state index contributed by atoms with van der Waals surface area (Å²) in [5, 5.41) is 6.24. The fourth-order valence-corrected chi connectivity index (χ4v) is 2.95. The fourth-order valence-electron chi connectivity index (χ4n) is 2.95. The van der Waals surface area contributed by atoms with E-state index in [1.807, 2.05) is 12.1 Å². The highest BCUT2D eigenvalue weighted by atomic mass is 19.4. The summed E-state index contributed by atoms with van der Waals surface area (Å²) in [7, 11) is 0. The number of hydrogen-bond acceptors (Lipinski definition) is 5. The Hall–Kier alpha value is -2.22. The Morgan fingerprint density at radius 1 is 1.16 bits per heavy atom. The van der Waals surface area contributed by atoms with Gasteiger partial charge in [0.15, 0.2) is 0 Å². The molecular formula is C17H20F3N5. The Balaban J connectivity index is 1.73. The van der Waals surface area contributed by atoms with Gasteiger partial charge in [0, 0.05) is 17.8 Å². The highest BCUT2D eigenvalue weighted by Gasteiger charge is 2.34. The fraction of sp³-hybridized carbons (Fsp3) is 0.471. The predicted octanol–water partition coefficient (Wildman–Crippen LogP) is 3.66. The average molecular weight is 351 g/mol. The largest absolute Gasteiger partial charge is 0.419 e. The molecule has 25 heavy (non-hydrogen) atoms. The Kier molecular flexibility index (Phi) is 5.17. The van der Waals surface area contributed by atoms with Crippen molar-refractivity contribution in [3.8, 4) is 0 Å². The van der Waals surface area contributed by atoms with Crippen LogP contribution in [0.25, 0.3) is 0 Å². The molecule has 5 nitrogen and oxygen atoms in total. The maximum absolute atomic E-state index is 12.9. The quantitative estimate of drug-likeness (QED) is 0.880. The first-order valence-electron chi connectivity index (χ1n) is 8.34. The van der Waals surface area contributed by atoms with Gasteiger partial charge in [-0.3, -0.25) is 4.98 Å². The summed E-state index contributed by atoms with van der Waals surface area (Å²) in [6.07, 6.45) is 0.346. The van der Waals surface area contributed by atoms with Crippen molar-refractivity contribution in [1.82, 2.24) is 20.3 Å². The topological polar surface area (TPSA) is 62.7 Å². The number of aromatic nitrogens is 3. The lowest BCUT2D eigenvalue weighted by Gasteiger charge is -2.22. The van der Waals surface area contributed by atoms with Gasteiger partial charge in [0.05, 0.1) is 23.1 Å². The molecule has 0 unspecified atom stereocenters. The second-order valence-electron chi connectivity index (χ2n) is 6.03. The van der Waals surface area contributed by atoms with Gasteiger partial charge < -0.3 is 10.6 Å². The third-order valence-corrected chi connectivity index (χ3v) is 4.31. The van der Waals surface area contributed by atoms with Gasteiger partial charge in [0.2, 0.25) is 5.95 Å². The Morgan fingerprint density at radius 2 is 1.92 bits per heavy atom. The monoisotopic (exact) mass is 351 g/mol. The lowest BCUT2D eigenvalue weighted by Crippen LogP contribution is -2.27. The van der Waals surface area contributed by atoms with Crippen LogP contribution in [0.4, 0.5) is 24.8 Å². The highest BCUT2D eigenvalue weighted by molar-refractivity contribution is 5.52. The summed E-state index contributed by atoms with van der Waals surface area (Å²) in [5.41, 5.74) is 0.873. The summed E-state index contributed by atoms with van der Waals surface area (Å²) >= 11 is 0. The van der Waals surface area contributed by atoms with E-state index in [1.54, 1.807) is 13.1 Å². The minimum Gasteiger partial charge on any atom is -0.323 e. The maximum Gasteiger partial charge on any atom is 0.419 e. The van der Waals surface area contributed by atoms with Crippen LogP contribution in [0.1, 0.15) is 42.6 Å². The van der Waals surface area contributed by atoms with Crippen LogP contribution < -0.4 is 10.6 Å². The molecule has 0 bridgehead atoms. The van der Waals surface area contributed by atoms with Crippen molar-refractivity contribution < 1.29 is 13.2 Å². The highest BCUT2D eigenvalue weighted by Crippen LogP contribution is 2.31. The minimum atomic E-state index is -4.44. The number of hydrogen-bond donors (Lipinski definition) is 2. The van der Waals surface area contributed by atoms with Gasteiger partial charge in [-0.15, -0.1) is 0 Å². The summed E-state index contributed by atoms with van der Waals surface area (Å²) in [6, 6.07) is 3.81. The third kappa shape index (κ3) is 4.25. The molecule has 0 spiro atoms. The van der Waals surface area contributed by atoms with E-state index in [0.717, 1.165) is 37.8 Å². The minimum absolute atomic E-state index is 0.0238. The number of rotatable bonds is 4. The van der Waals surface area contributed by atoms with E-state index in [4.69, 9.17) is 0 Å². The smallest absolute Gasteiger partial charge is 0.323 e. The van der Waals surface area contributed by atoms with Crippen molar-refractivity contribution in [2.45, 2.75) is 38.3 Å². The summed E-state index contributed by atoms with van der Waals surface area (Å²) in [5.74, 6) is 0.588. The molecule has 3 heterocycles. The molecule has 0 saturated carbocycles. The molecule has 0 amide bonds. The van der Waals surface area contributed by atoms with E-state index in [1.165, 1.54) is 0 Å². The molecule has 0 aromatic carbocycles. The Bertz CT molecular complexity index is 709. The number of pyridine rings is 1. The Labute approximate surface area is 144 Å². The first kappa shape index (κ1) is 17.6. The van der Waals surface area contributed by atoms with E-state index in [2.05, 4.69) is 25.6 Å². The summed E-state index contributed by atoms with van der Waals surface area (Å²) in [6.45, 7) is 3.62. The molecule has 2 aromatic rings. The van der Waals surface area contributed by atoms with E-state index >= 15 is 0 Å². The van der Waals surface area contributed by atoms with Crippen molar-refractivity contribution in [1.29, 1.82) is 0 Å². The zero-order valence-corrected chi connectivity index (χ0v) is 13.9. The van der Waals surface area contributed by atoms with Crippen LogP contribution in [-0.4, -0.2) is 28.0 Å². The van der Waals surface area contributed by atoms with Crippen LogP contribution in [-0.2, 0) is 12.6 Å². The molecule has 134 valence electrons. The molecule has 1 fully saturated rings. The molecule has 0 radical (unpaired) electrons. The van der Waals surface area contributed by atoms with E-state index in [9.17, 15) is 13.2 Å². The first-order chi connectivity index (χ1) is 12.0. The molecule has 1 saturated heterocycles. The zero-order chi connectivity index (χ0) is 17.9. The molecule has 1 aliphatic heterocycles. The second-order valence-corrected chi connectivity index (χ2v) is 6.03. The van der Waals surface area contributed by atoms with Crippen molar-refractivity contribution in [3.05, 3.63) is 41.5 Å². The normalized spacial score (nSPS) is 16.0. The molecule has 0 atom stereocenters. The van der Waals surface area contributed by atoms with Crippen molar-refractivity contribution >= 4 is 11.6 Å². The van der Waals surface area contributed by atoms with Crippen molar-refractivity contribution in [2.24, 2.45) is 0 Å². The lowest BCUT2D eigenvalue weighted by molar-refractivity contribution is -0.138. The SMILES string of the molecule is CCc1nc(Nc2ccc(C3CCNCC3)nc2)ncc1C(F)(F)F. The van der Waals surface area contributed by atoms with Crippen LogP contribution in [0, 0.1) is 0 Å². The standard InChI is InChI=1S/C17H20F3N5/c1-2-14-13(17(18,19)20)10-23-16(25-14)24-12-3-4-15(22-9-12)11-5-7-21-8-6-11/h3-4,9-11,21H,2,5-8H2,1H3,(H,23,24,25). The van der Waals surface area contributed by atoms with Gasteiger partial charge in [-0.05, 0) is 44.5 Å². The molecule has 1 aliphatic rings. The van der Waals surface area contributed by atoms with Crippen LogP contribution in [0.15, 0.2) is 24.5 Å². The second kappa shape index (κ2) is 7.35. The van der Waals surface area contributed by atoms with Gasteiger partial charge in [0.1, 0.15) is 0 Å². The number of piperidine rings is 1. The molecule has 3 rings (SSSR count). The molecular weight excluding hydrogens is 331 g/mol. The summed E-state index contributed by atoms with van der Waals surface area (Å²) < 4.78 is 38.7.